The molecule has 0 heterocycles. The normalized spacial score (nSPS) is 15.9. The van der Waals surface area contributed by atoms with Crippen LogP contribution in [0.2, 0.25) is 0 Å². The number of nitrogens with one attached hydrogen (secondary N) is 1. The summed E-state index contributed by atoms with van der Waals surface area (Å²) in [6.45, 7) is 2.24. The van der Waals surface area contributed by atoms with Crippen molar-refractivity contribution in [1.82, 2.24) is 0 Å². The first-order chi connectivity index (χ1) is 14.1. The van der Waals surface area contributed by atoms with Crippen molar-refractivity contribution in [3.63, 3.8) is 0 Å². The van der Waals surface area contributed by atoms with E-state index in [0.717, 1.165) is 22.8 Å². The van der Waals surface area contributed by atoms with Gasteiger partial charge in [0.05, 0.1) is 12.8 Å². The maximum absolute atomic E-state index is 12.4. The fourth-order valence-corrected chi connectivity index (χ4v) is 4.15. The molecule has 1 aliphatic carbocycles. The van der Waals surface area contributed by atoms with Gasteiger partial charge in [-0.1, -0.05) is 48.9 Å². The standard InChI is InChI=1S/C24H25NO3S/c1-17-7-3-4-8-19(17)16-29-23-10-6-5-9-20(23)25-24(27)14-12-18-11-13-22(28-2)21(26)15-18/h3-6,8-15,17,26H,7,16H2,1-2H3,(H,25,27). The van der Waals surface area contributed by atoms with Crippen molar-refractivity contribution in [1.29, 1.82) is 0 Å². The van der Waals surface area contributed by atoms with Gasteiger partial charge in [-0.15, -0.1) is 11.8 Å². The third kappa shape index (κ3) is 5.78. The molecule has 2 N–H and O–H groups in total. The average molecular weight is 408 g/mol. The van der Waals surface area contributed by atoms with Gasteiger partial charge < -0.3 is 15.2 Å². The van der Waals surface area contributed by atoms with E-state index < -0.39 is 0 Å². The first-order valence-corrected chi connectivity index (χ1v) is 10.5. The molecule has 0 aliphatic heterocycles. The van der Waals surface area contributed by atoms with Crippen molar-refractivity contribution < 1.29 is 14.6 Å². The number of para-hydroxylation sites is 1. The molecule has 1 aliphatic rings. The van der Waals surface area contributed by atoms with Crippen LogP contribution in [-0.2, 0) is 4.79 Å². The SMILES string of the molecule is COc1ccc(C=CC(=O)Nc2ccccc2SCC2=CC=CCC2C)cc1O. The molecule has 5 heteroatoms. The molecule has 1 atom stereocenters. The fourth-order valence-electron chi connectivity index (χ4n) is 2.99. The third-order valence-electron chi connectivity index (χ3n) is 4.74. The highest BCUT2D eigenvalue weighted by atomic mass is 32.2. The molecule has 0 radical (unpaired) electrons. The van der Waals surface area contributed by atoms with Crippen LogP contribution in [0.1, 0.15) is 18.9 Å². The Bertz CT molecular complexity index is 962. The second-order valence-electron chi connectivity index (χ2n) is 6.85. The Labute approximate surface area is 176 Å². The summed E-state index contributed by atoms with van der Waals surface area (Å²) in [6, 6.07) is 12.8. The maximum atomic E-state index is 12.4. The number of hydrogen-bond acceptors (Lipinski definition) is 4. The maximum Gasteiger partial charge on any atom is 0.248 e. The van der Waals surface area contributed by atoms with Crippen LogP contribution in [0.4, 0.5) is 5.69 Å². The minimum atomic E-state index is -0.221. The van der Waals surface area contributed by atoms with E-state index in [4.69, 9.17) is 4.74 Å². The monoisotopic (exact) mass is 407 g/mol. The van der Waals surface area contributed by atoms with Gasteiger partial charge in [-0.05, 0) is 48.2 Å². The molecule has 0 fully saturated rings. The topological polar surface area (TPSA) is 58.6 Å². The number of thioether (sulfide) groups is 1. The molecule has 150 valence electrons. The number of aromatic hydroxyl groups is 1. The zero-order valence-electron chi connectivity index (χ0n) is 16.6. The summed E-state index contributed by atoms with van der Waals surface area (Å²) in [5.74, 6) is 1.67. The third-order valence-corrected chi connectivity index (χ3v) is 5.88. The molecule has 0 bridgehead atoms. The van der Waals surface area contributed by atoms with Gasteiger partial charge in [0, 0.05) is 16.7 Å². The number of methoxy groups -OCH3 is 1. The lowest BCUT2D eigenvalue weighted by Gasteiger charge is -2.17. The van der Waals surface area contributed by atoms with Crippen molar-refractivity contribution >= 4 is 29.4 Å². The average Bonchev–Trinajstić information content (AvgIpc) is 2.73. The zero-order chi connectivity index (χ0) is 20.6. The van der Waals surface area contributed by atoms with Crippen molar-refractivity contribution in [2.45, 2.75) is 18.2 Å². The van der Waals surface area contributed by atoms with Gasteiger partial charge in [0.2, 0.25) is 5.91 Å². The number of ether oxygens (including phenoxy) is 1. The smallest absolute Gasteiger partial charge is 0.248 e. The van der Waals surface area contributed by atoms with E-state index in [1.807, 2.05) is 24.3 Å². The molecule has 0 saturated carbocycles. The molecule has 4 nitrogen and oxygen atoms in total. The van der Waals surface area contributed by atoms with Crippen molar-refractivity contribution in [3.05, 3.63) is 77.9 Å². The van der Waals surface area contributed by atoms with Crippen LogP contribution < -0.4 is 10.1 Å². The Balaban J connectivity index is 1.64. The van der Waals surface area contributed by atoms with Crippen LogP contribution in [0, 0.1) is 5.92 Å². The lowest BCUT2D eigenvalue weighted by atomic mass is 9.95. The molecule has 0 saturated heterocycles. The highest BCUT2D eigenvalue weighted by Gasteiger charge is 2.12. The number of amides is 1. The Morgan fingerprint density at radius 1 is 1.31 bits per heavy atom. The number of rotatable bonds is 7. The summed E-state index contributed by atoms with van der Waals surface area (Å²) in [7, 11) is 1.50. The number of anilines is 1. The van der Waals surface area contributed by atoms with Crippen LogP contribution >= 0.6 is 11.8 Å². The molecule has 2 aromatic rings. The number of phenolic OH excluding ortho intramolecular Hbond substituents is 1. The molecule has 0 spiro atoms. The Morgan fingerprint density at radius 3 is 2.90 bits per heavy atom. The van der Waals surface area contributed by atoms with Crippen LogP contribution in [0.3, 0.4) is 0 Å². The summed E-state index contributed by atoms with van der Waals surface area (Å²) in [5, 5.41) is 12.8. The highest BCUT2D eigenvalue weighted by Crippen LogP contribution is 2.32. The van der Waals surface area contributed by atoms with Gasteiger partial charge in [-0.25, -0.2) is 0 Å². The van der Waals surface area contributed by atoms with Crippen LogP contribution in [0.25, 0.3) is 6.08 Å². The van der Waals surface area contributed by atoms with Gasteiger partial charge in [-0.2, -0.15) is 0 Å². The van der Waals surface area contributed by atoms with Crippen LogP contribution in [0.15, 0.2) is 77.2 Å². The van der Waals surface area contributed by atoms with Gasteiger partial charge in [0.1, 0.15) is 0 Å². The molecule has 29 heavy (non-hydrogen) atoms. The number of allylic oxidation sites excluding steroid dienone is 3. The van der Waals surface area contributed by atoms with Crippen molar-refractivity contribution in [2.75, 3.05) is 18.2 Å². The Morgan fingerprint density at radius 2 is 2.14 bits per heavy atom. The number of phenols is 1. The van der Waals surface area contributed by atoms with Gasteiger partial charge >= 0.3 is 0 Å². The number of benzene rings is 2. The Hall–Kier alpha value is -2.92. The molecule has 1 amide bonds. The predicted octanol–water partition coefficient (Wildman–Crippen LogP) is 5.67. The number of carbonyl (C=O) groups excluding carboxylic acids is 1. The summed E-state index contributed by atoms with van der Waals surface area (Å²) in [6.07, 6.45) is 10.7. The van der Waals surface area contributed by atoms with Gasteiger partial charge in [0.15, 0.2) is 11.5 Å². The molecule has 0 aromatic heterocycles. The van der Waals surface area contributed by atoms with Gasteiger partial charge in [0.25, 0.3) is 0 Å². The summed E-state index contributed by atoms with van der Waals surface area (Å²) in [5.41, 5.74) is 2.93. The fraction of sp³-hybridized carbons (Fsp3) is 0.208. The van der Waals surface area contributed by atoms with Crippen molar-refractivity contribution in [3.8, 4) is 11.5 Å². The first kappa shape index (κ1) is 20.8. The quantitative estimate of drug-likeness (QED) is 0.459. The van der Waals surface area contributed by atoms with E-state index >= 15 is 0 Å². The minimum absolute atomic E-state index is 0.0397. The highest BCUT2D eigenvalue weighted by molar-refractivity contribution is 7.99. The number of carbonyl (C=O) groups is 1. The molecule has 3 rings (SSSR count). The van der Waals surface area contributed by atoms with Crippen LogP contribution in [-0.4, -0.2) is 23.9 Å². The predicted molar refractivity (Wildman–Crippen MR) is 120 cm³/mol. The minimum Gasteiger partial charge on any atom is -0.504 e. The second kappa shape index (κ2) is 10.0. The van der Waals surface area contributed by atoms with E-state index in [9.17, 15) is 9.90 Å². The van der Waals surface area contributed by atoms with E-state index in [1.165, 1.54) is 18.8 Å². The summed E-state index contributed by atoms with van der Waals surface area (Å²) < 4.78 is 5.03. The largest absolute Gasteiger partial charge is 0.504 e. The zero-order valence-corrected chi connectivity index (χ0v) is 17.4. The Kier molecular flexibility index (Phi) is 7.19. The molecular weight excluding hydrogens is 382 g/mol. The summed E-state index contributed by atoms with van der Waals surface area (Å²) >= 11 is 1.73. The molecular formula is C24H25NO3S. The number of hydrogen-bond donors (Lipinski definition) is 2. The van der Waals surface area contributed by atoms with E-state index in [0.29, 0.717) is 17.2 Å². The lowest BCUT2D eigenvalue weighted by molar-refractivity contribution is -0.111. The second-order valence-corrected chi connectivity index (χ2v) is 7.86. The van der Waals surface area contributed by atoms with E-state index in [1.54, 1.807) is 36.0 Å². The van der Waals surface area contributed by atoms with Crippen LogP contribution in [0.5, 0.6) is 11.5 Å². The first-order valence-electron chi connectivity index (χ1n) is 9.50. The van der Waals surface area contributed by atoms with Gasteiger partial charge in [-0.3, -0.25) is 4.79 Å². The van der Waals surface area contributed by atoms with E-state index in [2.05, 4.69) is 30.5 Å². The van der Waals surface area contributed by atoms with Crippen molar-refractivity contribution in [2.24, 2.45) is 5.92 Å². The molecule has 2 aromatic carbocycles. The van der Waals surface area contributed by atoms with E-state index in [-0.39, 0.29) is 11.7 Å². The molecule has 1 unspecified atom stereocenters. The lowest BCUT2D eigenvalue weighted by Crippen LogP contribution is -2.09. The summed E-state index contributed by atoms with van der Waals surface area (Å²) in [4.78, 5) is 13.4.